The second-order valence-corrected chi connectivity index (χ2v) is 7.79. The van der Waals surface area contributed by atoms with Crippen LogP contribution in [0.25, 0.3) is 0 Å². The van der Waals surface area contributed by atoms with Crippen molar-refractivity contribution >= 4 is 9.04 Å². The average Bonchev–Trinajstić information content (AvgIpc) is 1.98. The molecule has 0 rings (SSSR count). The molecule has 2 N–H and O–H groups in total. The van der Waals surface area contributed by atoms with Crippen LogP contribution in [0.3, 0.4) is 0 Å². The molecule has 0 bridgehead atoms. The van der Waals surface area contributed by atoms with Crippen LogP contribution in [0.2, 0.25) is 13.1 Å². The molecule has 0 aromatic heterocycles. The Morgan fingerprint density at radius 1 is 1.29 bits per heavy atom. The highest BCUT2D eigenvalue weighted by Gasteiger charge is 2.30. The summed E-state index contributed by atoms with van der Waals surface area (Å²) in [5, 5.41) is 0. The molecule has 2 nitrogen and oxygen atoms in total. The van der Waals surface area contributed by atoms with E-state index in [0.717, 1.165) is 12.8 Å². The van der Waals surface area contributed by atoms with Gasteiger partial charge in [0, 0.05) is 6.04 Å². The molecule has 0 aromatic carbocycles. The van der Waals surface area contributed by atoms with Crippen molar-refractivity contribution in [1.29, 1.82) is 0 Å². The molecule has 86 valence electrons. The zero-order valence-electron chi connectivity index (χ0n) is 10.6. The van der Waals surface area contributed by atoms with E-state index in [1.54, 1.807) is 0 Å². The van der Waals surface area contributed by atoms with Crippen LogP contribution in [0.1, 0.15) is 40.5 Å². The van der Waals surface area contributed by atoms with E-state index in [1.165, 1.54) is 0 Å². The number of nitrogens with two attached hydrogens (primary N) is 1. The van der Waals surface area contributed by atoms with Crippen molar-refractivity contribution in [3.05, 3.63) is 0 Å². The Morgan fingerprint density at radius 2 is 1.79 bits per heavy atom. The van der Waals surface area contributed by atoms with E-state index in [0.29, 0.717) is 0 Å². The second kappa shape index (κ2) is 5.88. The highest BCUT2D eigenvalue weighted by molar-refractivity contribution is 6.48. The topological polar surface area (TPSA) is 35.2 Å². The van der Waals surface area contributed by atoms with Crippen molar-refractivity contribution in [3.8, 4) is 0 Å². The third-order valence-electron chi connectivity index (χ3n) is 2.28. The monoisotopic (exact) mass is 217 g/mol. The van der Waals surface area contributed by atoms with Gasteiger partial charge >= 0.3 is 0 Å². The molecule has 1 unspecified atom stereocenters. The average molecular weight is 217 g/mol. The maximum atomic E-state index is 6.16. The fourth-order valence-electron chi connectivity index (χ4n) is 1.73. The van der Waals surface area contributed by atoms with Gasteiger partial charge in [0.15, 0.2) is 9.04 Å². The van der Waals surface area contributed by atoms with Gasteiger partial charge in [-0.1, -0.05) is 34.1 Å². The van der Waals surface area contributed by atoms with Crippen molar-refractivity contribution in [3.63, 3.8) is 0 Å². The van der Waals surface area contributed by atoms with Gasteiger partial charge in [-0.05, 0) is 24.9 Å². The van der Waals surface area contributed by atoms with E-state index in [4.69, 9.17) is 10.2 Å². The lowest BCUT2D eigenvalue weighted by Crippen LogP contribution is -2.47. The minimum absolute atomic E-state index is 0.159. The van der Waals surface area contributed by atoms with Gasteiger partial charge in [0.1, 0.15) is 0 Å². The Balaban J connectivity index is 4.39. The largest absolute Gasteiger partial charge is 0.416 e. The maximum absolute atomic E-state index is 6.16. The minimum atomic E-state index is -0.989. The van der Waals surface area contributed by atoms with Gasteiger partial charge in [-0.25, -0.2) is 0 Å². The van der Waals surface area contributed by atoms with E-state index < -0.39 is 9.04 Å². The zero-order chi connectivity index (χ0) is 11.4. The molecule has 0 spiro atoms. The molecule has 0 amide bonds. The SMILES string of the molecule is CCC[C@H](N)C(O[SiH](C)C)C(C)(C)C. The standard InChI is InChI=1S/C11H27NOSi/c1-7-8-9(12)10(11(2,3)4)13-14(5)6/h9-10,14H,7-8,12H2,1-6H3/t9-,10?/m0/s1. The van der Waals surface area contributed by atoms with Crippen molar-refractivity contribution in [2.24, 2.45) is 11.1 Å². The summed E-state index contributed by atoms with van der Waals surface area (Å²) >= 11 is 0. The van der Waals surface area contributed by atoms with E-state index in [1.807, 2.05) is 0 Å². The molecular formula is C11H27NOSi. The summed E-state index contributed by atoms with van der Waals surface area (Å²) in [6.45, 7) is 13.2. The highest BCUT2D eigenvalue weighted by Crippen LogP contribution is 2.26. The molecule has 0 aromatic rings. The zero-order valence-corrected chi connectivity index (χ0v) is 11.8. The first-order valence-electron chi connectivity index (χ1n) is 5.70. The summed E-state index contributed by atoms with van der Waals surface area (Å²) in [4.78, 5) is 0. The van der Waals surface area contributed by atoms with Gasteiger partial charge in [-0.2, -0.15) is 0 Å². The summed E-state index contributed by atoms with van der Waals surface area (Å²) in [6.07, 6.45) is 2.41. The molecule has 0 aliphatic heterocycles. The van der Waals surface area contributed by atoms with Crippen molar-refractivity contribution in [2.45, 2.75) is 65.8 Å². The summed E-state index contributed by atoms with van der Waals surface area (Å²) < 4.78 is 6.04. The van der Waals surface area contributed by atoms with E-state index >= 15 is 0 Å². The summed E-state index contributed by atoms with van der Waals surface area (Å²) in [5.41, 5.74) is 6.32. The third-order valence-corrected chi connectivity index (χ3v) is 3.12. The van der Waals surface area contributed by atoms with E-state index in [2.05, 4.69) is 40.8 Å². The number of rotatable bonds is 5. The van der Waals surface area contributed by atoms with Gasteiger partial charge in [0.05, 0.1) is 6.10 Å². The van der Waals surface area contributed by atoms with Crippen LogP contribution in [-0.4, -0.2) is 21.2 Å². The number of hydrogen-bond donors (Lipinski definition) is 1. The van der Waals surface area contributed by atoms with Crippen LogP contribution in [0, 0.1) is 5.41 Å². The maximum Gasteiger partial charge on any atom is 0.171 e. The molecule has 3 heteroatoms. The van der Waals surface area contributed by atoms with Crippen LogP contribution in [0.4, 0.5) is 0 Å². The fraction of sp³-hybridized carbons (Fsp3) is 1.00. The smallest absolute Gasteiger partial charge is 0.171 e. The predicted octanol–water partition coefficient (Wildman–Crippen LogP) is 2.53. The Bertz CT molecular complexity index is 154. The van der Waals surface area contributed by atoms with Gasteiger partial charge in [-0.15, -0.1) is 0 Å². The quantitative estimate of drug-likeness (QED) is 0.718. The van der Waals surface area contributed by atoms with Crippen molar-refractivity contribution in [1.82, 2.24) is 0 Å². The lowest BCUT2D eigenvalue weighted by molar-refractivity contribution is 0.0598. The fourth-order valence-corrected chi connectivity index (χ4v) is 2.92. The highest BCUT2D eigenvalue weighted by atomic mass is 28.3. The van der Waals surface area contributed by atoms with Crippen LogP contribution in [0.15, 0.2) is 0 Å². The molecule has 2 atom stereocenters. The predicted molar refractivity (Wildman–Crippen MR) is 66.1 cm³/mol. The Kier molecular flexibility index (Phi) is 5.94. The molecule has 0 heterocycles. The first kappa shape index (κ1) is 14.1. The Morgan fingerprint density at radius 3 is 2.07 bits per heavy atom. The Hall–Kier alpha value is 0.137. The van der Waals surface area contributed by atoms with E-state index in [9.17, 15) is 0 Å². The third kappa shape index (κ3) is 5.13. The van der Waals surface area contributed by atoms with Crippen molar-refractivity contribution < 1.29 is 4.43 Å². The first-order chi connectivity index (χ1) is 6.29. The summed E-state index contributed by atoms with van der Waals surface area (Å²) in [6, 6.07) is 0.190. The summed E-state index contributed by atoms with van der Waals surface area (Å²) in [5.74, 6) is 0. The summed E-state index contributed by atoms with van der Waals surface area (Å²) in [7, 11) is -0.989. The molecule has 0 saturated carbocycles. The van der Waals surface area contributed by atoms with Gasteiger partial charge in [0.25, 0.3) is 0 Å². The van der Waals surface area contributed by atoms with Gasteiger partial charge < -0.3 is 10.2 Å². The molecule has 0 aliphatic carbocycles. The van der Waals surface area contributed by atoms with Gasteiger partial charge in [0.2, 0.25) is 0 Å². The van der Waals surface area contributed by atoms with Crippen LogP contribution in [-0.2, 0) is 4.43 Å². The van der Waals surface area contributed by atoms with E-state index in [-0.39, 0.29) is 17.6 Å². The lowest BCUT2D eigenvalue weighted by atomic mass is 9.84. The molecule has 0 radical (unpaired) electrons. The molecule has 0 aliphatic rings. The van der Waals surface area contributed by atoms with Crippen LogP contribution >= 0.6 is 0 Å². The van der Waals surface area contributed by atoms with Crippen LogP contribution in [0.5, 0.6) is 0 Å². The minimum Gasteiger partial charge on any atom is -0.416 e. The lowest BCUT2D eigenvalue weighted by Gasteiger charge is -2.36. The second-order valence-electron chi connectivity index (χ2n) is 5.42. The molecular weight excluding hydrogens is 190 g/mol. The molecule has 0 fully saturated rings. The molecule has 0 saturated heterocycles. The normalized spacial score (nSPS) is 17.1. The van der Waals surface area contributed by atoms with Crippen LogP contribution < -0.4 is 5.73 Å². The first-order valence-corrected chi connectivity index (χ1v) is 8.48. The van der Waals surface area contributed by atoms with Gasteiger partial charge in [-0.3, -0.25) is 0 Å². The van der Waals surface area contributed by atoms with Crippen molar-refractivity contribution in [2.75, 3.05) is 0 Å². The Labute approximate surface area is 90.9 Å². The number of hydrogen-bond acceptors (Lipinski definition) is 2. The molecule has 14 heavy (non-hydrogen) atoms.